The van der Waals surface area contributed by atoms with Crippen LogP contribution in [0.1, 0.15) is 29.4 Å². The number of nitrogens with one attached hydrogen (secondary N) is 1. The van der Waals surface area contributed by atoms with Gasteiger partial charge in [0.05, 0.1) is 11.3 Å². The Bertz CT molecular complexity index is 730. The highest BCUT2D eigenvalue weighted by Gasteiger charge is 2.19. The molecular formula is C17H16ClNO4S. The first-order chi connectivity index (χ1) is 11.5. The van der Waals surface area contributed by atoms with Crippen LogP contribution in [-0.4, -0.2) is 23.8 Å². The smallest absolute Gasteiger partial charge is 0.307 e. The normalized spacial score (nSPS) is 11.6. The van der Waals surface area contributed by atoms with E-state index in [0.29, 0.717) is 15.6 Å². The lowest BCUT2D eigenvalue weighted by Gasteiger charge is -2.13. The number of carbonyl (C=O) groups is 3. The lowest BCUT2D eigenvalue weighted by Crippen LogP contribution is -2.30. The maximum Gasteiger partial charge on any atom is 0.307 e. The Balaban J connectivity index is 1.78. The molecule has 1 aromatic carbocycles. The molecule has 24 heavy (non-hydrogen) atoms. The van der Waals surface area contributed by atoms with Crippen LogP contribution in [-0.2, 0) is 14.3 Å². The number of amides is 1. The first-order valence-corrected chi connectivity index (χ1v) is 8.54. The standard InChI is InChI=1S/C17H16ClNO4S/c1-11(17(22)19-13-5-2-4-12(18)10-13)23-16(21)8-7-14(20)15-6-3-9-24-15/h2-6,9-11H,7-8H2,1H3,(H,19,22)/t11-/m1/s1. The van der Waals surface area contributed by atoms with E-state index >= 15 is 0 Å². The third-order valence-corrected chi connectivity index (χ3v) is 4.27. The van der Waals surface area contributed by atoms with Crippen LogP contribution in [0.15, 0.2) is 41.8 Å². The van der Waals surface area contributed by atoms with Crippen LogP contribution in [0.3, 0.4) is 0 Å². The number of thiophene rings is 1. The summed E-state index contributed by atoms with van der Waals surface area (Å²) in [5, 5.41) is 4.90. The molecule has 0 spiro atoms. The van der Waals surface area contributed by atoms with Gasteiger partial charge in [-0.3, -0.25) is 14.4 Å². The van der Waals surface area contributed by atoms with Crippen molar-refractivity contribution < 1.29 is 19.1 Å². The molecule has 2 aromatic rings. The molecule has 0 aliphatic rings. The molecule has 0 saturated carbocycles. The third-order valence-electron chi connectivity index (χ3n) is 3.12. The Morgan fingerprint density at radius 1 is 1.21 bits per heavy atom. The van der Waals surface area contributed by atoms with Crippen molar-refractivity contribution in [3.8, 4) is 0 Å². The van der Waals surface area contributed by atoms with Crippen LogP contribution in [0.4, 0.5) is 5.69 Å². The number of Topliss-reactive ketones (excluding diaryl/α,β-unsaturated/α-hetero) is 1. The number of ketones is 1. The molecule has 126 valence electrons. The van der Waals surface area contributed by atoms with E-state index in [1.165, 1.54) is 18.3 Å². The van der Waals surface area contributed by atoms with Gasteiger partial charge in [-0.2, -0.15) is 0 Å². The topological polar surface area (TPSA) is 72.5 Å². The van der Waals surface area contributed by atoms with Crippen molar-refractivity contribution in [1.29, 1.82) is 0 Å². The zero-order valence-corrected chi connectivity index (χ0v) is 14.5. The third kappa shape index (κ3) is 5.47. The van der Waals surface area contributed by atoms with Crippen molar-refractivity contribution in [3.05, 3.63) is 51.7 Å². The lowest BCUT2D eigenvalue weighted by atomic mass is 10.2. The molecule has 1 aromatic heterocycles. The van der Waals surface area contributed by atoms with Crippen LogP contribution in [0.25, 0.3) is 0 Å². The second-order valence-corrected chi connectivity index (χ2v) is 6.42. The predicted molar refractivity (Wildman–Crippen MR) is 93.5 cm³/mol. The number of esters is 1. The van der Waals surface area contributed by atoms with Gasteiger partial charge < -0.3 is 10.1 Å². The lowest BCUT2D eigenvalue weighted by molar-refractivity contribution is -0.153. The molecule has 0 aliphatic heterocycles. The van der Waals surface area contributed by atoms with Crippen molar-refractivity contribution in [2.45, 2.75) is 25.9 Å². The van der Waals surface area contributed by atoms with E-state index in [-0.39, 0.29) is 18.6 Å². The van der Waals surface area contributed by atoms with Gasteiger partial charge in [0.15, 0.2) is 11.9 Å². The first-order valence-electron chi connectivity index (χ1n) is 7.28. The maximum atomic E-state index is 12.0. The molecule has 1 N–H and O–H groups in total. The summed E-state index contributed by atoms with van der Waals surface area (Å²) < 4.78 is 5.05. The molecule has 2 rings (SSSR count). The Hall–Kier alpha value is -2.18. The van der Waals surface area contributed by atoms with Gasteiger partial charge in [-0.15, -0.1) is 11.3 Å². The molecule has 1 heterocycles. The Labute approximate surface area is 148 Å². The van der Waals surface area contributed by atoms with Gasteiger partial charge in [-0.05, 0) is 36.6 Å². The van der Waals surface area contributed by atoms with E-state index in [9.17, 15) is 14.4 Å². The SMILES string of the molecule is C[C@@H](OC(=O)CCC(=O)c1cccs1)C(=O)Nc1cccc(Cl)c1. The number of carbonyl (C=O) groups excluding carboxylic acids is 3. The maximum absolute atomic E-state index is 12.0. The van der Waals surface area contributed by atoms with Crippen molar-refractivity contribution in [2.24, 2.45) is 0 Å². The summed E-state index contributed by atoms with van der Waals surface area (Å²) >= 11 is 7.16. The molecule has 0 aliphatic carbocycles. The van der Waals surface area contributed by atoms with Gasteiger partial charge in [0.1, 0.15) is 0 Å². The number of rotatable bonds is 7. The molecule has 7 heteroatoms. The minimum Gasteiger partial charge on any atom is -0.453 e. The molecule has 0 fully saturated rings. The Morgan fingerprint density at radius 2 is 2.00 bits per heavy atom. The molecule has 1 amide bonds. The molecule has 0 saturated heterocycles. The van der Waals surface area contributed by atoms with Crippen LogP contribution < -0.4 is 5.32 Å². The quantitative estimate of drug-likeness (QED) is 0.596. The molecule has 1 atom stereocenters. The summed E-state index contributed by atoms with van der Waals surface area (Å²) in [6.45, 7) is 1.47. The van der Waals surface area contributed by atoms with E-state index in [1.807, 2.05) is 0 Å². The van der Waals surface area contributed by atoms with Crippen LogP contribution >= 0.6 is 22.9 Å². The van der Waals surface area contributed by atoms with Crippen molar-refractivity contribution in [3.63, 3.8) is 0 Å². The number of hydrogen-bond acceptors (Lipinski definition) is 5. The largest absolute Gasteiger partial charge is 0.453 e. The minimum absolute atomic E-state index is 0.0575. The van der Waals surface area contributed by atoms with E-state index in [1.54, 1.807) is 41.8 Å². The number of anilines is 1. The summed E-state index contributed by atoms with van der Waals surface area (Å²) in [6, 6.07) is 10.1. The fourth-order valence-electron chi connectivity index (χ4n) is 1.90. The molecule has 0 radical (unpaired) electrons. The van der Waals surface area contributed by atoms with Gasteiger partial charge >= 0.3 is 5.97 Å². The predicted octanol–water partition coefficient (Wildman–Crippen LogP) is 3.93. The minimum atomic E-state index is -0.965. The van der Waals surface area contributed by atoms with Gasteiger partial charge in [-0.25, -0.2) is 0 Å². The van der Waals surface area contributed by atoms with Crippen LogP contribution in [0.2, 0.25) is 5.02 Å². The molecule has 0 bridgehead atoms. The van der Waals surface area contributed by atoms with E-state index in [0.717, 1.165) is 0 Å². The average molecular weight is 366 g/mol. The zero-order chi connectivity index (χ0) is 17.5. The first kappa shape index (κ1) is 18.2. The van der Waals surface area contributed by atoms with Crippen LogP contribution in [0.5, 0.6) is 0 Å². The van der Waals surface area contributed by atoms with Crippen molar-refractivity contribution >= 4 is 46.3 Å². The van der Waals surface area contributed by atoms with E-state index in [4.69, 9.17) is 16.3 Å². The fraction of sp³-hybridized carbons (Fsp3) is 0.235. The molecular weight excluding hydrogens is 350 g/mol. The average Bonchev–Trinajstić information content (AvgIpc) is 3.07. The fourth-order valence-corrected chi connectivity index (χ4v) is 2.78. The number of benzene rings is 1. The van der Waals surface area contributed by atoms with E-state index < -0.39 is 18.0 Å². The summed E-state index contributed by atoms with van der Waals surface area (Å²) in [5.74, 6) is -1.16. The zero-order valence-electron chi connectivity index (χ0n) is 13.0. The van der Waals surface area contributed by atoms with Gasteiger partial charge in [0, 0.05) is 17.1 Å². The summed E-state index contributed by atoms with van der Waals surface area (Å²) in [7, 11) is 0. The molecule has 5 nitrogen and oxygen atoms in total. The van der Waals surface area contributed by atoms with Gasteiger partial charge in [0.25, 0.3) is 5.91 Å². The highest BCUT2D eigenvalue weighted by Crippen LogP contribution is 2.16. The number of hydrogen-bond donors (Lipinski definition) is 1. The second-order valence-electron chi connectivity index (χ2n) is 5.03. The Kier molecular flexibility index (Phi) is 6.52. The number of halogens is 1. The van der Waals surface area contributed by atoms with Gasteiger partial charge in [-0.1, -0.05) is 23.7 Å². The monoisotopic (exact) mass is 365 g/mol. The van der Waals surface area contributed by atoms with Crippen molar-refractivity contribution in [1.82, 2.24) is 0 Å². The number of ether oxygens (including phenoxy) is 1. The molecule has 0 unspecified atom stereocenters. The van der Waals surface area contributed by atoms with Crippen LogP contribution in [0, 0.1) is 0 Å². The highest BCUT2D eigenvalue weighted by molar-refractivity contribution is 7.12. The Morgan fingerprint density at radius 3 is 2.67 bits per heavy atom. The second kappa shape index (κ2) is 8.61. The summed E-state index contributed by atoms with van der Waals surface area (Å²) in [6.07, 6.45) is -0.971. The summed E-state index contributed by atoms with van der Waals surface area (Å²) in [4.78, 5) is 36.2. The van der Waals surface area contributed by atoms with Gasteiger partial charge in [0.2, 0.25) is 0 Å². The highest BCUT2D eigenvalue weighted by atomic mass is 35.5. The van der Waals surface area contributed by atoms with Crippen molar-refractivity contribution in [2.75, 3.05) is 5.32 Å². The summed E-state index contributed by atoms with van der Waals surface area (Å²) in [5.41, 5.74) is 0.517. The van der Waals surface area contributed by atoms with E-state index in [2.05, 4.69) is 5.32 Å².